The van der Waals surface area contributed by atoms with Gasteiger partial charge in [-0.3, -0.25) is 4.68 Å². The molecule has 0 atom stereocenters. The van der Waals surface area contributed by atoms with Crippen molar-refractivity contribution in [2.45, 2.75) is 18.8 Å². The van der Waals surface area contributed by atoms with Crippen LogP contribution in [0, 0.1) is 0 Å². The molecule has 15 heavy (non-hydrogen) atoms. The van der Waals surface area contributed by atoms with E-state index in [1.165, 1.54) is 4.68 Å². The molecule has 0 amide bonds. The highest BCUT2D eigenvalue weighted by atomic mass is 16.5. The quantitative estimate of drug-likeness (QED) is 0.801. The van der Waals surface area contributed by atoms with Gasteiger partial charge in [-0.15, -0.1) is 0 Å². The normalized spacial score (nSPS) is 18.5. The Hall–Kier alpha value is -1.36. The number of rotatable bonds is 3. The van der Waals surface area contributed by atoms with E-state index in [4.69, 9.17) is 9.84 Å². The first-order chi connectivity index (χ1) is 7.09. The molecule has 0 aromatic carbocycles. The van der Waals surface area contributed by atoms with E-state index in [1.54, 1.807) is 13.1 Å². The Labute approximate surface area is 87.7 Å². The lowest BCUT2D eigenvalue weighted by atomic mass is 9.80. The van der Waals surface area contributed by atoms with Crippen LogP contribution >= 0.6 is 0 Å². The maximum atomic E-state index is 10.9. The molecule has 5 heteroatoms. The average molecular weight is 210 g/mol. The van der Waals surface area contributed by atoms with Crippen molar-refractivity contribution >= 4 is 5.97 Å². The Kier molecular flexibility index (Phi) is 2.26. The van der Waals surface area contributed by atoms with Crippen LogP contribution in [-0.2, 0) is 17.2 Å². The lowest BCUT2D eigenvalue weighted by molar-refractivity contribution is -0.0643. The van der Waals surface area contributed by atoms with Gasteiger partial charge in [0.25, 0.3) is 0 Å². The molecule has 1 aliphatic heterocycles. The lowest BCUT2D eigenvalue weighted by Gasteiger charge is -2.39. The minimum Gasteiger partial charge on any atom is -0.477 e. The van der Waals surface area contributed by atoms with Crippen molar-refractivity contribution in [1.29, 1.82) is 0 Å². The number of carboxylic acids is 1. The molecule has 1 N–H and O–H groups in total. The van der Waals surface area contributed by atoms with Gasteiger partial charge in [0.1, 0.15) is 5.69 Å². The number of hydrogen-bond acceptors (Lipinski definition) is 3. The maximum absolute atomic E-state index is 10.9. The molecule has 1 aliphatic rings. The zero-order chi connectivity index (χ0) is 11.1. The molecular weight excluding hydrogens is 196 g/mol. The van der Waals surface area contributed by atoms with E-state index in [0.29, 0.717) is 13.2 Å². The van der Waals surface area contributed by atoms with Gasteiger partial charge in [0.15, 0.2) is 0 Å². The highest BCUT2D eigenvalue weighted by Crippen LogP contribution is 2.34. The number of carbonyl (C=O) groups is 1. The fourth-order valence-electron chi connectivity index (χ4n) is 1.81. The summed E-state index contributed by atoms with van der Waals surface area (Å²) in [5, 5.41) is 13.2. The molecule has 0 bridgehead atoms. The number of aromatic carboxylic acids is 1. The third kappa shape index (κ3) is 1.43. The van der Waals surface area contributed by atoms with Crippen molar-refractivity contribution in [3.63, 3.8) is 0 Å². The van der Waals surface area contributed by atoms with Gasteiger partial charge in [0.2, 0.25) is 0 Å². The predicted octanol–water partition coefficient (Wildman–Crippen LogP) is 0.796. The topological polar surface area (TPSA) is 64.3 Å². The SMILES string of the molecule is CCC1(c2cc(C(=O)O)n(C)n2)COC1. The predicted molar refractivity (Wildman–Crippen MR) is 53.0 cm³/mol. The number of nitrogens with zero attached hydrogens (tertiary/aromatic N) is 2. The van der Waals surface area contributed by atoms with Crippen LogP contribution in [0.1, 0.15) is 29.5 Å². The Bertz CT molecular complexity index is 388. The van der Waals surface area contributed by atoms with Crippen LogP contribution in [0.25, 0.3) is 0 Å². The summed E-state index contributed by atoms with van der Waals surface area (Å²) in [5.41, 5.74) is 0.992. The molecular formula is C10H14N2O3. The van der Waals surface area contributed by atoms with E-state index in [-0.39, 0.29) is 11.1 Å². The smallest absolute Gasteiger partial charge is 0.354 e. The van der Waals surface area contributed by atoms with Crippen molar-refractivity contribution in [3.05, 3.63) is 17.5 Å². The molecule has 0 radical (unpaired) electrons. The van der Waals surface area contributed by atoms with Crippen LogP contribution < -0.4 is 0 Å². The van der Waals surface area contributed by atoms with Crippen LogP contribution in [0.4, 0.5) is 0 Å². The van der Waals surface area contributed by atoms with Gasteiger partial charge < -0.3 is 9.84 Å². The molecule has 1 saturated heterocycles. The second kappa shape index (κ2) is 3.34. The minimum atomic E-state index is -0.942. The summed E-state index contributed by atoms with van der Waals surface area (Å²) in [7, 11) is 1.65. The number of aryl methyl sites for hydroxylation is 1. The second-order valence-corrected chi connectivity index (χ2v) is 3.97. The van der Waals surface area contributed by atoms with Crippen molar-refractivity contribution in [2.75, 3.05) is 13.2 Å². The highest BCUT2D eigenvalue weighted by Gasteiger charge is 2.41. The Morgan fingerprint density at radius 1 is 1.73 bits per heavy atom. The Morgan fingerprint density at radius 2 is 2.40 bits per heavy atom. The van der Waals surface area contributed by atoms with E-state index in [9.17, 15) is 4.79 Å². The summed E-state index contributed by atoms with van der Waals surface area (Å²) < 4.78 is 6.61. The molecule has 5 nitrogen and oxygen atoms in total. The molecule has 1 aromatic heterocycles. The standard InChI is InChI=1S/C10H14N2O3/c1-3-10(5-15-6-10)8-4-7(9(13)14)12(2)11-8/h4H,3,5-6H2,1-2H3,(H,13,14). The van der Waals surface area contributed by atoms with Gasteiger partial charge in [-0.1, -0.05) is 6.92 Å². The summed E-state index contributed by atoms with van der Waals surface area (Å²) in [6.07, 6.45) is 0.920. The first-order valence-corrected chi connectivity index (χ1v) is 4.94. The molecule has 0 aliphatic carbocycles. The number of ether oxygens (including phenoxy) is 1. The largest absolute Gasteiger partial charge is 0.477 e. The van der Waals surface area contributed by atoms with E-state index >= 15 is 0 Å². The van der Waals surface area contributed by atoms with E-state index < -0.39 is 5.97 Å². The minimum absolute atomic E-state index is 0.0640. The molecule has 1 aromatic rings. The monoisotopic (exact) mass is 210 g/mol. The Balaban J connectivity index is 2.37. The number of aromatic nitrogens is 2. The summed E-state index contributed by atoms with van der Waals surface area (Å²) in [6, 6.07) is 1.65. The summed E-state index contributed by atoms with van der Waals surface area (Å²) in [4.78, 5) is 10.9. The fourth-order valence-corrected chi connectivity index (χ4v) is 1.81. The summed E-state index contributed by atoms with van der Waals surface area (Å²) in [6.45, 7) is 3.34. The van der Waals surface area contributed by atoms with Gasteiger partial charge in [0, 0.05) is 7.05 Å². The first-order valence-electron chi connectivity index (χ1n) is 4.94. The molecule has 0 saturated carbocycles. The van der Waals surface area contributed by atoms with Crippen molar-refractivity contribution < 1.29 is 14.6 Å². The van der Waals surface area contributed by atoms with Crippen molar-refractivity contribution in [3.8, 4) is 0 Å². The lowest BCUT2D eigenvalue weighted by Crippen LogP contribution is -2.46. The van der Waals surface area contributed by atoms with Crippen LogP contribution in [0.5, 0.6) is 0 Å². The first kappa shape index (κ1) is 10.2. The second-order valence-electron chi connectivity index (χ2n) is 3.97. The fraction of sp³-hybridized carbons (Fsp3) is 0.600. The molecule has 2 heterocycles. The summed E-state index contributed by atoms with van der Waals surface area (Å²) >= 11 is 0. The van der Waals surface area contributed by atoms with Gasteiger partial charge in [0.05, 0.1) is 24.3 Å². The van der Waals surface area contributed by atoms with Crippen molar-refractivity contribution in [1.82, 2.24) is 9.78 Å². The molecule has 1 fully saturated rings. The maximum Gasteiger partial charge on any atom is 0.354 e. The van der Waals surface area contributed by atoms with Gasteiger partial charge in [-0.25, -0.2) is 4.79 Å². The third-order valence-corrected chi connectivity index (χ3v) is 3.08. The van der Waals surface area contributed by atoms with Gasteiger partial charge >= 0.3 is 5.97 Å². The van der Waals surface area contributed by atoms with E-state index in [0.717, 1.165) is 12.1 Å². The number of carboxylic acid groups (broad SMARTS) is 1. The van der Waals surface area contributed by atoms with Gasteiger partial charge in [-0.2, -0.15) is 5.10 Å². The zero-order valence-electron chi connectivity index (χ0n) is 8.86. The molecule has 0 unspecified atom stereocenters. The van der Waals surface area contributed by atoms with Crippen LogP contribution in [0.2, 0.25) is 0 Å². The van der Waals surface area contributed by atoms with Gasteiger partial charge in [-0.05, 0) is 12.5 Å². The Morgan fingerprint density at radius 3 is 2.73 bits per heavy atom. The van der Waals surface area contributed by atoms with E-state index in [2.05, 4.69) is 12.0 Å². The molecule has 0 spiro atoms. The number of hydrogen-bond donors (Lipinski definition) is 1. The van der Waals surface area contributed by atoms with Crippen LogP contribution in [-0.4, -0.2) is 34.1 Å². The average Bonchev–Trinajstić information content (AvgIpc) is 2.47. The summed E-state index contributed by atoms with van der Waals surface area (Å²) in [5.74, 6) is -0.942. The zero-order valence-corrected chi connectivity index (χ0v) is 8.86. The highest BCUT2D eigenvalue weighted by molar-refractivity contribution is 5.85. The third-order valence-electron chi connectivity index (χ3n) is 3.08. The molecule has 82 valence electrons. The van der Waals surface area contributed by atoms with E-state index in [1.807, 2.05) is 0 Å². The van der Waals surface area contributed by atoms with Crippen molar-refractivity contribution in [2.24, 2.45) is 7.05 Å². The molecule has 2 rings (SSSR count). The van der Waals surface area contributed by atoms with Crippen LogP contribution in [0.3, 0.4) is 0 Å². The van der Waals surface area contributed by atoms with Crippen LogP contribution in [0.15, 0.2) is 6.07 Å².